The second kappa shape index (κ2) is 3.97. The Morgan fingerprint density at radius 1 is 1.23 bits per heavy atom. The van der Waals surface area contributed by atoms with Gasteiger partial charge in [-0.3, -0.25) is 0 Å². The molecule has 13 heteroatoms. The minimum atomic E-state index is -10.3. The quantitative estimate of drug-likeness (QED) is 0.735. The van der Waals surface area contributed by atoms with Gasteiger partial charge in [0.2, 0.25) is 11.9 Å². The molecule has 22 heavy (non-hydrogen) atoms. The summed E-state index contributed by atoms with van der Waals surface area (Å²) in [6, 6.07) is 1.13. The van der Waals surface area contributed by atoms with Gasteiger partial charge in [0, 0.05) is 5.69 Å². The molecule has 4 N–H and O–H groups in total. The molecular weight excluding hydrogens is 338 g/mol. The summed E-state index contributed by atoms with van der Waals surface area (Å²) < 4.78 is 78.0. The van der Waals surface area contributed by atoms with Crippen molar-refractivity contribution in [1.29, 1.82) is 5.26 Å². The number of nitrogens with zero attached hydrogens (tertiary/aromatic N) is 3. The summed E-state index contributed by atoms with van der Waals surface area (Å²) in [6.07, 6.45) is 0. The third kappa shape index (κ3) is 3.17. The van der Waals surface area contributed by atoms with Gasteiger partial charge in [-0.15, -0.1) is 5.10 Å². The van der Waals surface area contributed by atoms with E-state index in [1.54, 1.807) is 0 Å². The molecule has 0 radical (unpaired) electrons. The third-order valence-corrected chi connectivity index (χ3v) is 3.49. The number of aromatic amines is 1. The van der Waals surface area contributed by atoms with Crippen molar-refractivity contribution in [3.05, 3.63) is 23.5 Å². The standard InChI is InChI=1S/C9H6F6N6S/c10-6-1-4(18-9-19-8(17)20-21-9)2-7(5(6)3-16)22(11,12,13,14)15/h1-2H,(H4,17,18,19,20,21). The highest BCUT2D eigenvalue weighted by atomic mass is 32.5. The second-order valence-electron chi connectivity index (χ2n) is 4.08. The minimum Gasteiger partial charge on any atom is -0.368 e. The molecule has 0 amide bonds. The molecule has 1 heterocycles. The number of rotatable bonds is 3. The van der Waals surface area contributed by atoms with Crippen LogP contribution in [0.5, 0.6) is 0 Å². The number of hydrogen-bond acceptors (Lipinski definition) is 5. The molecule has 0 saturated heterocycles. The van der Waals surface area contributed by atoms with Crippen LogP contribution in [0.25, 0.3) is 0 Å². The van der Waals surface area contributed by atoms with Crippen LogP contribution in [0.1, 0.15) is 5.56 Å². The first-order chi connectivity index (χ1) is 9.80. The number of nitrogens with one attached hydrogen (secondary N) is 2. The molecule has 2 rings (SSSR count). The van der Waals surface area contributed by atoms with Crippen LogP contribution in [0, 0.1) is 17.1 Å². The lowest BCUT2D eigenvalue weighted by Gasteiger charge is -2.41. The monoisotopic (exact) mass is 344 g/mol. The fraction of sp³-hybridized carbons (Fsp3) is 0. The number of benzene rings is 1. The van der Waals surface area contributed by atoms with E-state index in [0.717, 1.165) is 6.07 Å². The summed E-state index contributed by atoms with van der Waals surface area (Å²) in [6.45, 7) is 0. The van der Waals surface area contributed by atoms with Crippen LogP contribution >= 0.6 is 10.2 Å². The number of anilines is 3. The van der Waals surface area contributed by atoms with Crippen LogP contribution in [-0.4, -0.2) is 15.2 Å². The maximum absolute atomic E-state index is 13.5. The average molecular weight is 344 g/mol. The zero-order valence-electron chi connectivity index (χ0n) is 10.2. The van der Waals surface area contributed by atoms with E-state index in [4.69, 9.17) is 11.0 Å². The summed E-state index contributed by atoms with van der Waals surface area (Å²) in [7, 11) is -10.3. The molecule has 1 aromatic carbocycles. The molecule has 0 aliphatic carbocycles. The molecule has 0 fully saturated rings. The van der Waals surface area contributed by atoms with Gasteiger partial charge in [-0.1, -0.05) is 19.4 Å². The van der Waals surface area contributed by atoms with Crippen molar-refractivity contribution in [2.75, 3.05) is 11.1 Å². The Morgan fingerprint density at radius 2 is 1.86 bits per heavy atom. The molecule has 120 valence electrons. The van der Waals surface area contributed by atoms with Gasteiger partial charge in [0.05, 0.1) is 0 Å². The van der Waals surface area contributed by atoms with Crippen molar-refractivity contribution in [1.82, 2.24) is 15.2 Å². The van der Waals surface area contributed by atoms with Crippen LogP contribution < -0.4 is 11.1 Å². The first-order valence-corrected chi connectivity index (χ1v) is 7.18. The molecule has 0 unspecified atom stereocenters. The SMILES string of the molecule is N#Cc1c(F)cc(Nc2n[nH]c(N)n2)cc1S(F)(F)(F)(F)F. The highest BCUT2D eigenvalue weighted by Gasteiger charge is 2.67. The number of aromatic nitrogens is 3. The molecule has 0 aliphatic rings. The van der Waals surface area contributed by atoms with Crippen molar-refractivity contribution in [3.8, 4) is 6.07 Å². The first-order valence-electron chi connectivity index (χ1n) is 5.23. The Bertz CT molecular complexity index is 792. The molecule has 6 nitrogen and oxygen atoms in total. The molecule has 2 aromatic rings. The van der Waals surface area contributed by atoms with Crippen molar-refractivity contribution in [2.24, 2.45) is 0 Å². The zero-order valence-corrected chi connectivity index (χ0v) is 11.1. The van der Waals surface area contributed by atoms with E-state index in [2.05, 4.69) is 20.5 Å². The van der Waals surface area contributed by atoms with E-state index in [0.29, 0.717) is 6.07 Å². The van der Waals surface area contributed by atoms with E-state index in [1.807, 2.05) is 0 Å². The lowest BCUT2D eigenvalue weighted by Crippen LogP contribution is -2.10. The molecule has 1 aromatic heterocycles. The molecule has 0 bridgehead atoms. The van der Waals surface area contributed by atoms with Crippen molar-refractivity contribution in [2.45, 2.75) is 4.90 Å². The number of nitrogens with two attached hydrogens (primary N) is 1. The summed E-state index contributed by atoms with van der Waals surface area (Å²) >= 11 is 0. The molecular formula is C9H6F6N6S. The predicted octanol–water partition coefficient (Wildman–Crippen LogP) is 3.80. The molecule has 0 aliphatic heterocycles. The van der Waals surface area contributed by atoms with Crippen molar-refractivity contribution >= 4 is 27.8 Å². The smallest absolute Gasteiger partial charge is 0.311 e. The summed E-state index contributed by atoms with van der Waals surface area (Å²) in [5.41, 5.74) is 2.65. The fourth-order valence-corrected chi connectivity index (χ4v) is 2.40. The Labute approximate surface area is 118 Å². The fourth-order valence-electron chi connectivity index (χ4n) is 1.53. The Morgan fingerprint density at radius 3 is 2.32 bits per heavy atom. The molecule has 0 saturated carbocycles. The molecule has 0 atom stereocenters. The third-order valence-electron chi connectivity index (χ3n) is 2.34. The van der Waals surface area contributed by atoms with E-state index in [-0.39, 0.29) is 18.0 Å². The van der Waals surface area contributed by atoms with Gasteiger partial charge in [-0.25, -0.2) is 9.49 Å². The average Bonchev–Trinajstić information content (AvgIpc) is 2.71. The summed E-state index contributed by atoms with van der Waals surface area (Å²) in [5.74, 6) is -2.33. The highest BCUT2D eigenvalue weighted by Crippen LogP contribution is 3.02. The minimum absolute atomic E-state index is 0.0876. The van der Waals surface area contributed by atoms with Crippen molar-refractivity contribution < 1.29 is 23.8 Å². The van der Waals surface area contributed by atoms with Gasteiger partial charge in [0.15, 0.2) is 0 Å². The number of halogens is 6. The van der Waals surface area contributed by atoms with Gasteiger partial charge in [-0.05, 0) is 12.1 Å². The zero-order chi connectivity index (χ0) is 16.8. The van der Waals surface area contributed by atoms with Gasteiger partial charge >= 0.3 is 10.2 Å². The van der Waals surface area contributed by atoms with E-state index in [9.17, 15) is 23.8 Å². The largest absolute Gasteiger partial charge is 0.368 e. The lowest BCUT2D eigenvalue weighted by molar-refractivity contribution is 0.362. The summed E-state index contributed by atoms with van der Waals surface area (Å²) in [5, 5.41) is 16.1. The van der Waals surface area contributed by atoms with Gasteiger partial charge in [0.25, 0.3) is 0 Å². The second-order valence-corrected chi connectivity index (χ2v) is 6.46. The lowest BCUT2D eigenvalue weighted by atomic mass is 10.2. The van der Waals surface area contributed by atoms with E-state index in [1.165, 1.54) is 0 Å². The first kappa shape index (κ1) is 15.8. The Hall–Kier alpha value is -2.62. The number of nitriles is 1. The maximum atomic E-state index is 13.5. The van der Waals surface area contributed by atoms with Crippen LogP contribution in [0.15, 0.2) is 17.0 Å². The normalized spacial score (nSPS) is 14.8. The Balaban J connectivity index is 2.62. The van der Waals surface area contributed by atoms with Gasteiger partial charge < -0.3 is 11.1 Å². The maximum Gasteiger partial charge on any atom is 0.311 e. The summed E-state index contributed by atoms with van der Waals surface area (Å²) in [4.78, 5) is 0.827. The molecule has 0 spiro atoms. The Kier molecular flexibility index (Phi) is 2.85. The van der Waals surface area contributed by atoms with E-state index >= 15 is 0 Å². The number of H-pyrrole nitrogens is 1. The number of hydrogen-bond donors (Lipinski definition) is 3. The predicted molar refractivity (Wildman–Crippen MR) is 66.6 cm³/mol. The highest BCUT2D eigenvalue weighted by molar-refractivity contribution is 8.45. The number of nitrogen functional groups attached to an aromatic ring is 1. The van der Waals surface area contributed by atoms with Gasteiger partial charge in [-0.2, -0.15) is 10.2 Å². The van der Waals surface area contributed by atoms with Crippen LogP contribution in [0.4, 0.5) is 41.4 Å². The van der Waals surface area contributed by atoms with Crippen LogP contribution in [-0.2, 0) is 0 Å². The van der Waals surface area contributed by atoms with Crippen LogP contribution in [0.3, 0.4) is 0 Å². The van der Waals surface area contributed by atoms with Crippen LogP contribution in [0.2, 0.25) is 0 Å². The van der Waals surface area contributed by atoms with E-state index < -0.39 is 32.2 Å². The topological polar surface area (TPSA) is 103 Å². The van der Waals surface area contributed by atoms with Crippen molar-refractivity contribution in [3.63, 3.8) is 0 Å². The van der Waals surface area contributed by atoms with Gasteiger partial charge in [0.1, 0.15) is 22.3 Å².